The smallest absolute Gasteiger partial charge is 0.315 e. The minimum Gasteiger partial charge on any atom is -0.467 e. The predicted molar refractivity (Wildman–Crippen MR) is 85.6 cm³/mol. The molecule has 0 spiro atoms. The van der Waals surface area contributed by atoms with Crippen molar-refractivity contribution in [3.05, 3.63) is 24.2 Å². The third-order valence-electron chi connectivity index (χ3n) is 4.97. The van der Waals surface area contributed by atoms with Crippen LogP contribution in [0.2, 0.25) is 0 Å². The third-order valence-corrected chi connectivity index (χ3v) is 4.97. The number of nitrogens with one attached hydrogen (secondary N) is 2. The van der Waals surface area contributed by atoms with Gasteiger partial charge in [-0.25, -0.2) is 4.79 Å². The van der Waals surface area contributed by atoms with Gasteiger partial charge in [0.1, 0.15) is 5.76 Å². The van der Waals surface area contributed by atoms with E-state index in [4.69, 9.17) is 4.42 Å². The number of carbonyl (C=O) groups is 2. The first-order valence-electron chi connectivity index (χ1n) is 8.57. The van der Waals surface area contributed by atoms with Gasteiger partial charge in [-0.15, -0.1) is 0 Å². The SMILES string of the molecule is O=C(NCC(=O)N1CCC[C@@H]1C1CCCC1)NCc1ccco1. The van der Waals surface area contributed by atoms with Crippen molar-refractivity contribution >= 4 is 11.9 Å². The molecule has 2 heterocycles. The first-order chi connectivity index (χ1) is 11.2. The van der Waals surface area contributed by atoms with E-state index in [1.165, 1.54) is 25.7 Å². The molecule has 3 rings (SSSR count). The molecule has 1 aromatic heterocycles. The maximum Gasteiger partial charge on any atom is 0.315 e. The van der Waals surface area contributed by atoms with Crippen LogP contribution in [-0.2, 0) is 11.3 Å². The van der Waals surface area contributed by atoms with Crippen LogP contribution in [-0.4, -0.2) is 36.0 Å². The van der Waals surface area contributed by atoms with Gasteiger partial charge in [-0.05, 0) is 43.7 Å². The molecule has 2 N–H and O–H groups in total. The standard InChI is InChI=1S/C17H25N3O3/c21-16(12-19-17(22)18-11-14-7-4-10-23-14)20-9-3-8-15(20)13-5-1-2-6-13/h4,7,10,13,15H,1-3,5-6,8-9,11-12H2,(H2,18,19,22)/t15-/m1/s1. The Hall–Kier alpha value is -1.98. The molecule has 23 heavy (non-hydrogen) atoms. The quantitative estimate of drug-likeness (QED) is 0.874. The molecular weight excluding hydrogens is 294 g/mol. The van der Waals surface area contributed by atoms with Crippen molar-refractivity contribution in [2.24, 2.45) is 5.92 Å². The van der Waals surface area contributed by atoms with E-state index in [-0.39, 0.29) is 18.5 Å². The Morgan fingerprint density at radius 2 is 2.00 bits per heavy atom. The maximum absolute atomic E-state index is 12.4. The second kappa shape index (κ2) is 7.53. The summed E-state index contributed by atoms with van der Waals surface area (Å²) in [5, 5.41) is 5.33. The summed E-state index contributed by atoms with van der Waals surface area (Å²) in [6, 6.07) is 3.61. The summed E-state index contributed by atoms with van der Waals surface area (Å²) < 4.78 is 5.14. The van der Waals surface area contributed by atoms with Crippen LogP contribution in [0.4, 0.5) is 4.79 Å². The Labute approximate surface area is 136 Å². The lowest BCUT2D eigenvalue weighted by atomic mass is 9.96. The number of amides is 3. The van der Waals surface area contributed by atoms with Gasteiger partial charge >= 0.3 is 6.03 Å². The molecule has 1 aliphatic carbocycles. The minimum absolute atomic E-state index is 0.0348. The zero-order chi connectivity index (χ0) is 16.1. The Balaban J connectivity index is 1.42. The summed E-state index contributed by atoms with van der Waals surface area (Å²) in [6.45, 7) is 1.21. The lowest BCUT2D eigenvalue weighted by molar-refractivity contribution is -0.131. The average Bonchev–Trinajstić information content (AvgIpc) is 3.31. The summed E-state index contributed by atoms with van der Waals surface area (Å²) >= 11 is 0. The van der Waals surface area contributed by atoms with E-state index in [2.05, 4.69) is 10.6 Å². The fraction of sp³-hybridized carbons (Fsp3) is 0.647. The Morgan fingerprint density at radius 3 is 2.74 bits per heavy atom. The van der Waals surface area contributed by atoms with Gasteiger partial charge in [0.15, 0.2) is 0 Å². The number of hydrogen-bond donors (Lipinski definition) is 2. The van der Waals surface area contributed by atoms with Crippen molar-refractivity contribution in [3.8, 4) is 0 Å². The van der Waals surface area contributed by atoms with E-state index in [9.17, 15) is 9.59 Å². The summed E-state index contributed by atoms with van der Waals surface area (Å²) in [5.74, 6) is 1.38. The minimum atomic E-state index is -0.341. The molecule has 0 unspecified atom stereocenters. The number of likely N-dealkylation sites (tertiary alicyclic amines) is 1. The Morgan fingerprint density at radius 1 is 1.17 bits per heavy atom. The fourth-order valence-electron chi connectivity index (χ4n) is 3.83. The summed E-state index contributed by atoms with van der Waals surface area (Å²) in [7, 11) is 0. The van der Waals surface area contributed by atoms with Gasteiger partial charge in [0.2, 0.25) is 5.91 Å². The molecule has 2 fully saturated rings. The molecule has 1 saturated carbocycles. The van der Waals surface area contributed by atoms with Crippen LogP contribution >= 0.6 is 0 Å². The molecular formula is C17H25N3O3. The first-order valence-corrected chi connectivity index (χ1v) is 8.57. The normalized spacial score (nSPS) is 21.6. The molecule has 6 heteroatoms. The summed E-state index contributed by atoms with van der Waals surface area (Å²) in [6.07, 6.45) is 8.82. The highest BCUT2D eigenvalue weighted by atomic mass is 16.3. The molecule has 1 aliphatic heterocycles. The molecule has 6 nitrogen and oxygen atoms in total. The van der Waals surface area contributed by atoms with Crippen molar-refractivity contribution in [2.75, 3.05) is 13.1 Å². The van der Waals surface area contributed by atoms with Gasteiger partial charge in [0, 0.05) is 12.6 Å². The third kappa shape index (κ3) is 4.06. The number of nitrogens with zero attached hydrogens (tertiary/aromatic N) is 1. The van der Waals surface area contributed by atoms with Crippen molar-refractivity contribution in [2.45, 2.75) is 51.1 Å². The van der Waals surface area contributed by atoms with Crippen LogP contribution in [0.25, 0.3) is 0 Å². The van der Waals surface area contributed by atoms with E-state index in [1.54, 1.807) is 18.4 Å². The first kappa shape index (κ1) is 15.9. The summed E-state index contributed by atoms with van der Waals surface area (Å²) in [4.78, 5) is 26.2. The van der Waals surface area contributed by atoms with Crippen molar-refractivity contribution < 1.29 is 14.0 Å². The maximum atomic E-state index is 12.4. The van der Waals surface area contributed by atoms with E-state index in [0.717, 1.165) is 19.4 Å². The van der Waals surface area contributed by atoms with E-state index in [0.29, 0.717) is 24.3 Å². The molecule has 1 atom stereocenters. The Bertz CT molecular complexity index is 523. The second-order valence-electron chi connectivity index (χ2n) is 6.46. The van der Waals surface area contributed by atoms with Gasteiger partial charge in [-0.3, -0.25) is 4.79 Å². The lowest BCUT2D eigenvalue weighted by Crippen LogP contribution is -2.46. The van der Waals surface area contributed by atoms with Gasteiger partial charge in [-0.2, -0.15) is 0 Å². The van der Waals surface area contributed by atoms with Gasteiger partial charge in [-0.1, -0.05) is 12.8 Å². The number of furan rings is 1. The van der Waals surface area contributed by atoms with Crippen LogP contribution in [0, 0.1) is 5.92 Å². The van der Waals surface area contributed by atoms with Crippen LogP contribution in [0.15, 0.2) is 22.8 Å². The number of rotatable bonds is 5. The molecule has 126 valence electrons. The lowest BCUT2D eigenvalue weighted by Gasteiger charge is -2.29. The molecule has 3 amide bonds. The molecule has 0 aromatic carbocycles. The molecule has 2 aliphatic rings. The molecule has 0 bridgehead atoms. The van der Waals surface area contributed by atoms with Gasteiger partial charge in [0.05, 0.1) is 19.4 Å². The Kier molecular flexibility index (Phi) is 5.20. The van der Waals surface area contributed by atoms with Crippen molar-refractivity contribution in [1.82, 2.24) is 15.5 Å². The van der Waals surface area contributed by atoms with Gasteiger partial charge < -0.3 is 20.0 Å². The largest absolute Gasteiger partial charge is 0.467 e. The highest BCUT2D eigenvalue weighted by molar-refractivity contribution is 5.84. The monoisotopic (exact) mass is 319 g/mol. The predicted octanol–water partition coefficient (Wildman–Crippen LogP) is 2.26. The topological polar surface area (TPSA) is 74.6 Å². The van der Waals surface area contributed by atoms with Crippen LogP contribution in [0.5, 0.6) is 0 Å². The average molecular weight is 319 g/mol. The summed E-state index contributed by atoms with van der Waals surface area (Å²) in [5.41, 5.74) is 0. The van der Waals surface area contributed by atoms with Crippen molar-refractivity contribution in [3.63, 3.8) is 0 Å². The van der Waals surface area contributed by atoms with E-state index < -0.39 is 0 Å². The zero-order valence-electron chi connectivity index (χ0n) is 13.4. The molecule has 0 radical (unpaired) electrons. The number of carbonyl (C=O) groups excluding carboxylic acids is 2. The van der Waals surface area contributed by atoms with Gasteiger partial charge in [0.25, 0.3) is 0 Å². The van der Waals surface area contributed by atoms with E-state index in [1.807, 2.05) is 4.90 Å². The highest BCUT2D eigenvalue weighted by Crippen LogP contribution is 2.35. The van der Waals surface area contributed by atoms with Crippen molar-refractivity contribution in [1.29, 1.82) is 0 Å². The highest BCUT2D eigenvalue weighted by Gasteiger charge is 2.35. The molecule has 1 aromatic rings. The van der Waals surface area contributed by atoms with E-state index >= 15 is 0 Å². The van der Waals surface area contributed by atoms with Crippen LogP contribution in [0.1, 0.15) is 44.3 Å². The number of urea groups is 1. The van der Waals surface area contributed by atoms with Crippen LogP contribution < -0.4 is 10.6 Å². The fourth-order valence-corrected chi connectivity index (χ4v) is 3.83. The van der Waals surface area contributed by atoms with Crippen LogP contribution in [0.3, 0.4) is 0 Å². The second-order valence-corrected chi connectivity index (χ2v) is 6.46. The zero-order valence-corrected chi connectivity index (χ0v) is 13.4. The number of hydrogen-bond acceptors (Lipinski definition) is 3. The molecule has 1 saturated heterocycles.